The molecule has 0 radical (unpaired) electrons. The van der Waals surface area contributed by atoms with Gasteiger partial charge in [-0.2, -0.15) is 13.2 Å². The van der Waals surface area contributed by atoms with Crippen molar-refractivity contribution in [2.24, 2.45) is 0 Å². The van der Waals surface area contributed by atoms with Gasteiger partial charge in [-0.25, -0.2) is 35.1 Å². The van der Waals surface area contributed by atoms with Gasteiger partial charge in [0, 0.05) is 34.3 Å². The van der Waals surface area contributed by atoms with E-state index in [1.54, 1.807) is 0 Å². The van der Waals surface area contributed by atoms with Gasteiger partial charge in [-0.15, -0.1) is 0 Å². The summed E-state index contributed by atoms with van der Waals surface area (Å²) in [5, 5.41) is -0.966. The van der Waals surface area contributed by atoms with Crippen LogP contribution in [-0.2, 0) is 16.2 Å². The van der Waals surface area contributed by atoms with E-state index in [1.807, 2.05) is 4.72 Å². The van der Waals surface area contributed by atoms with E-state index in [4.69, 9.17) is 0 Å². The second-order valence-electron chi connectivity index (χ2n) is 9.43. The number of sulfonamides is 1. The average Bonchev–Trinajstić information content (AvgIpc) is 3.58. The molecule has 0 saturated heterocycles. The first-order valence-corrected chi connectivity index (χ1v) is 13.0. The number of hydrogen-bond donors (Lipinski definition) is 1. The van der Waals surface area contributed by atoms with Crippen LogP contribution >= 0.6 is 0 Å². The molecule has 1 atom stereocenters. The van der Waals surface area contributed by atoms with E-state index in [1.165, 1.54) is 10.8 Å². The van der Waals surface area contributed by atoms with Gasteiger partial charge in [0.1, 0.15) is 23.8 Å². The number of rotatable bonds is 7. The van der Waals surface area contributed by atoms with Crippen molar-refractivity contribution in [3.05, 3.63) is 59.3 Å². The summed E-state index contributed by atoms with van der Waals surface area (Å²) >= 11 is 0. The number of nitrogens with one attached hydrogen (secondary N) is 1. The normalized spacial score (nSPS) is 21.4. The fourth-order valence-electron chi connectivity index (χ4n) is 4.69. The lowest BCUT2D eigenvalue weighted by molar-refractivity contribution is -0.137. The zero-order valence-electron chi connectivity index (χ0n) is 18.9. The van der Waals surface area contributed by atoms with Crippen molar-refractivity contribution in [3.63, 3.8) is 0 Å². The predicted octanol–water partition coefficient (Wildman–Crippen LogP) is 6.67. The molecule has 2 fully saturated rings. The second kappa shape index (κ2) is 8.97. The summed E-state index contributed by atoms with van der Waals surface area (Å²) in [6.07, 6.45) is -7.66. The van der Waals surface area contributed by atoms with Crippen molar-refractivity contribution < 1.29 is 43.5 Å². The van der Waals surface area contributed by atoms with Crippen LogP contribution in [0.4, 0.5) is 35.1 Å². The van der Waals surface area contributed by atoms with Crippen LogP contribution in [-0.4, -0.2) is 30.8 Å². The van der Waals surface area contributed by atoms with E-state index in [2.05, 4.69) is 0 Å². The van der Waals surface area contributed by atoms with Crippen molar-refractivity contribution in [1.29, 1.82) is 0 Å². The summed E-state index contributed by atoms with van der Waals surface area (Å²) in [7, 11) is -4.10. The van der Waals surface area contributed by atoms with Gasteiger partial charge < -0.3 is 4.57 Å². The van der Waals surface area contributed by atoms with Crippen molar-refractivity contribution in [1.82, 2.24) is 9.29 Å². The van der Waals surface area contributed by atoms with Crippen LogP contribution in [0.25, 0.3) is 22.0 Å². The highest BCUT2D eigenvalue weighted by Gasteiger charge is 2.41. The monoisotopic (exact) mass is 552 g/mol. The van der Waals surface area contributed by atoms with Crippen molar-refractivity contribution in [2.75, 3.05) is 0 Å². The Bertz CT molecular complexity index is 1460. The highest BCUT2D eigenvalue weighted by Crippen LogP contribution is 2.44. The first-order chi connectivity index (χ1) is 17.3. The van der Waals surface area contributed by atoms with E-state index < -0.39 is 74.5 Å². The van der Waals surface area contributed by atoms with Gasteiger partial charge in [0.15, 0.2) is 0 Å². The van der Waals surface area contributed by atoms with Gasteiger partial charge in [0.2, 0.25) is 10.0 Å². The van der Waals surface area contributed by atoms with Crippen molar-refractivity contribution >= 4 is 20.9 Å². The maximum Gasteiger partial charge on any atom is 0.417 e. The summed E-state index contributed by atoms with van der Waals surface area (Å²) < 4.78 is 140. The van der Waals surface area contributed by atoms with Crippen LogP contribution in [0.5, 0.6) is 0 Å². The molecule has 1 aromatic heterocycles. The smallest absolute Gasteiger partial charge is 0.344 e. The fourth-order valence-corrected chi connectivity index (χ4v) is 6.22. The molecule has 0 aliphatic heterocycles. The van der Waals surface area contributed by atoms with Crippen LogP contribution in [0.15, 0.2) is 36.5 Å². The molecule has 1 unspecified atom stereocenters. The van der Waals surface area contributed by atoms with E-state index in [-0.39, 0.29) is 35.4 Å². The first kappa shape index (κ1) is 26.0. The molecular weight excluding hydrogens is 532 g/mol. The van der Waals surface area contributed by atoms with Gasteiger partial charge >= 0.3 is 6.18 Å². The third kappa shape index (κ3) is 4.83. The van der Waals surface area contributed by atoms with Gasteiger partial charge in [-0.3, -0.25) is 0 Å². The number of fused-ring (bicyclic) bond motifs is 1. The molecule has 0 bridgehead atoms. The van der Waals surface area contributed by atoms with Crippen LogP contribution < -0.4 is 4.72 Å². The molecule has 2 aliphatic rings. The van der Waals surface area contributed by atoms with E-state index in [0.717, 1.165) is 24.3 Å². The summed E-state index contributed by atoms with van der Waals surface area (Å²) in [6, 6.07) is 0.881. The maximum atomic E-state index is 15.3. The van der Waals surface area contributed by atoms with E-state index in [0.29, 0.717) is 12.8 Å². The summed E-state index contributed by atoms with van der Waals surface area (Å²) in [5.74, 6) is -2.40. The third-order valence-electron chi connectivity index (χ3n) is 6.82. The van der Waals surface area contributed by atoms with Crippen LogP contribution in [0, 0.1) is 11.6 Å². The molecule has 1 N–H and O–H groups in total. The van der Waals surface area contributed by atoms with E-state index in [9.17, 15) is 39.2 Å². The van der Waals surface area contributed by atoms with Crippen LogP contribution in [0.1, 0.15) is 48.9 Å². The number of nitrogens with zero attached hydrogens (tertiary/aromatic N) is 1. The van der Waals surface area contributed by atoms with Crippen LogP contribution in [0.2, 0.25) is 0 Å². The maximum absolute atomic E-state index is 15.3. The molecular formula is C24H20F8N2O2S. The Morgan fingerprint density at radius 3 is 2.24 bits per heavy atom. The molecule has 0 amide bonds. The van der Waals surface area contributed by atoms with Gasteiger partial charge in [0.25, 0.3) is 6.43 Å². The molecule has 4 nitrogen and oxygen atoms in total. The molecule has 37 heavy (non-hydrogen) atoms. The molecule has 2 aromatic carbocycles. The zero-order chi connectivity index (χ0) is 26.9. The molecule has 1 heterocycles. The Labute approximate surface area is 206 Å². The summed E-state index contributed by atoms with van der Waals surface area (Å²) in [4.78, 5) is 0. The fraction of sp³-hybridized carbons (Fsp3) is 0.417. The van der Waals surface area contributed by atoms with Crippen molar-refractivity contribution in [3.8, 4) is 11.1 Å². The topological polar surface area (TPSA) is 51.1 Å². The molecule has 0 spiro atoms. The highest BCUT2D eigenvalue weighted by atomic mass is 32.2. The highest BCUT2D eigenvalue weighted by molar-refractivity contribution is 7.90. The SMILES string of the molecule is O=S(=O)(NC(c1cn(C2CC(F)C2)c2cc(-c3ccc(F)cc3C(F)(F)F)c(F)cc12)C(F)F)C1CC1. The van der Waals surface area contributed by atoms with Gasteiger partial charge in [-0.05, 0) is 55.5 Å². The Morgan fingerprint density at radius 1 is 1.00 bits per heavy atom. The Kier molecular flexibility index (Phi) is 6.29. The predicted molar refractivity (Wildman–Crippen MR) is 119 cm³/mol. The molecule has 2 saturated carbocycles. The molecule has 3 aromatic rings. The van der Waals surface area contributed by atoms with Gasteiger partial charge in [0.05, 0.1) is 10.8 Å². The summed E-state index contributed by atoms with van der Waals surface area (Å²) in [5.41, 5.74) is -2.92. The molecule has 200 valence electrons. The third-order valence-corrected chi connectivity index (χ3v) is 8.75. The largest absolute Gasteiger partial charge is 0.417 e. The first-order valence-electron chi connectivity index (χ1n) is 11.4. The minimum absolute atomic E-state index is 0.00652. The molecule has 13 heteroatoms. The van der Waals surface area contributed by atoms with E-state index >= 15 is 4.39 Å². The van der Waals surface area contributed by atoms with Crippen molar-refractivity contribution in [2.45, 2.75) is 61.8 Å². The lowest BCUT2D eigenvalue weighted by Gasteiger charge is -2.31. The lowest BCUT2D eigenvalue weighted by Crippen LogP contribution is -2.35. The number of hydrogen-bond acceptors (Lipinski definition) is 2. The Morgan fingerprint density at radius 2 is 1.68 bits per heavy atom. The Hall–Kier alpha value is -2.67. The number of halogens is 8. The van der Waals surface area contributed by atoms with Gasteiger partial charge in [-0.1, -0.05) is 6.07 Å². The Balaban J connectivity index is 1.70. The number of alkyl halides is 6. The number of benzene rings is 2. The lowest BCUT2D eigenvalue weighted by atomic mass is 9.90. The molecule has 5 rings (SSSR count). The second-order valence-corrected chi connectivity index (χ2v) is 11.4. The summed E-state index contributed by atoms with van der Waals surface area (Å²) in [6.45, 7) is 0. The minimum atomic E-state index is -5.02. The quantitative estimate of drug-likeness (QED) is 0.333. The standard InChI is InChI=1S/C24H20F8N2O2S/c25-11-1-4-15(19(7-11)24(30,31)32)16-9-21-17(8-20(16)27)18(10-34(21)13-5-12(26)6-13)22(23(28)29)33-37(35,36)14-2-3-14/h1,4,7-10,12-14,22-23,33H,2-3,5-6H2. The minimum Gasteiger partial charge on any atom is -0.344 e. The zero-order valence-corrected chi connectivity index (χ0v) is 19.7. The molecule has 2 aliphatic carbocycles. The van der Waals surface area contributed by atoms with Crippen LogP contribution in [0.3, 0.4) is 0 Å². The average molecular weight is 552 g/mol. The number of aromatic nitrogens is 1.